The van der Waals surface area contributed by atoms with E-state index in [-0.39, 0.29) is 5.91 Å². The fraction of sp³-hybridized carbons (Fsp3) is 0.312. The monoisotopic (exact) mass is 286 g/mol. The van der Waals surface area contributed by atoms with E-state index >= 15 is 0 Å². The van der Waals surface area contributed by atoms with Crippen molar-refractivity contribution in [2.45, 2.75) is 4.90 Å². The molecule has 2 aromatic carbocycles. The van der Waals surface area contributed by atoms with E-state index < -0.39 is 0 Å². The highest BCUT2D eigenvalue weighted by atomic mass is 32.2. The molecule has 20 heavy (non-hydrogen) atoms. The number of rotatable bonds is 5. The average Bonchev–Trinajstić information content (AvgIpc) is 2.43. The second-order valence-corrected chi connectivity index (χ2v) is 6.17. The van der Waals surface area contributed by atoms with Crippen molar-refractivity contribution in [2.24, 2.45) is 5.92 Å². The van der Waals surface area contributed by atoms with Crippen LogP contribution in [0.5, 0.6) is 0 Å². The summed E-state index contributed by atoms with van der Waals surface area (Å²) in [6, 6.07) is 14.6. The van der Waals surface area contributed by atoms with Gasteiger partial charge in [-0.15, -0.1) is 11.8 Å². The minimum absolute atomic E-state index is 0.120. The summed E-state index contributed by atoms with van der Waals surface area (Å²) in [5.74, 6) is 1.22. The van der Waals surface area contributed by atoms with Crippen molar-refractivity contribution in [3.05, 3.63) is 42.5 Å². The van der Waals surface area contributed by atoms with Crippen molar-refractivity contribution >= 4 is 28.4 Å². The summed E-state index contributed by atoms with van der Waals surface area (Å²) in [5, 5.41) is 8.65. The molecule has 104 valence electrons. The van der Waals surface area contributed by atoms with Crippen LogP contribution >= 0.6 is 11.8 Å². The number of benzene rings is 2. The van der Waals surface area contributed by atoms with Crippen molar-refractivity contribution in [2.75, 3.05) is 25.4 Å². The third-order valence-corrected chi connectivity index (χ3v) is 4.54. The molecule has 0 bridgehead atoms. The van der Waals surface area contributed by atoms with Gasteiger partial charge in [0.05, 0.1) is 5.75 Å². The topological polar surface area (TPSA) is 41.1 Å². The SMILES string of the molecule is O=C(CSc1ccc2ccccc2c1)NCC1CNC1. The Kier molecular flexibility index (Phi) is 4.23. The lowest BCUT2D eigenvalue weighted by atomic mass is 10.0. The van der Waals surface area contributed by atoms with Gasteiger partial charge in [0.15, 0.2) is 0 Å². The third-order valence-electron chi connectivity index (χ3n) is 3.54. The van der Waals surface area contributed by atoms with Crippen LogP contribution in [0, 0.1) is 5.92 Å². The molecular weight excluding hydrogens is 268 g/mol. The maximum Gasteiger partial charge on any atom is 0.230 e. The first-order chi connectivity index (χ1) is 9.81. The molecule has 2 aromatic rings. The molecule has 0 spiro atoms. The Bertz CT molecular complexity index is 610. The largest absolute Gasteiger partial charge is 0.355 e. The van der Waals surface area contributed by atoms with Crippen LogP contribution in [0.1, 0.15) is 0 Å². The zero-order chi connectivity index (χ0) is 13.8. The second-order valence-electron chi connectivity index (χ2n) is 5.13. The quantitative estimate of drug-likeness (QED) is 0.829. The lowest BCUT2D eigenvalue weighted by Gasteiger charge is -2.27. The number of hydrogen-bond donors (Lipinski definition) is 2. The zero-order valence-corrected chi connectivity index (χ0v) is 12.1. The van der Waals surface area contributed by atoms with Gasteiger partial charge < -0.3 is 10.6 Å². The van der Waals surface area contributed by atoms with Crippen molar-refractivity contribution in [3.63, 3.8) is 0 Å². The molecule has 3 rings (SSSR count). The normalized spacial score (nSPS) is 15.0. The third kappa shape index (κ3) is 3.32. The Morgan fingerprint density at radius 1 is 1.20 bits per heavy atom. The molecule has 1 aliphatic rings. The van der Waals surface area contributed by atoms with Gasteiger partial charge in [-0.1, -0.05) is 30.3 Å². The van der Waals surface area contributed by atoms with Gasteiger partial charge >= 0.3 is 0 Å². The fourth-order valence-electron chi connectivity index (χ4n) is 2.21. The van der Waals surface area contributed by atoms with Crippen molar-refractivity contribution in [1.29, 1.82) is 0 Å². The van der Waals surface area contributed by atoms with E-state index in [2.05, 4.69) is 41.0 Å². The molecule has 0 radical (unpaired) electrons. The molecule has 0 atom stereocenters. The molecular formula is C16H18N2OS. The number of carbonyl (C=O) groups is 1. The van der Waals surface area contributed by atoms with Crippen LogP contribution in [-0.2, 0) is 4.79 Å². The predicted octanol–water partition coefficient (Wildman–Crippen LogP) is 2.27. The molecule has 1 heterocycles. The van der Waals surface area contributed by atoms with Gasteiger partial charge in [0.2, 0.25) is 5.91 Å². The van der Waals surface area contributed by atoms with Crippen LogP contribution in [0.3, 0.4) is 0 Å². The molecule has 3 nitrogen and oxygen atoms in total. The Morgan fingerprint density at radius 3 is 2.75 bits per heavy atom. The Morgan fingerprint density at radius 2 is 2.00 bits per heavy atom. The van der Waals surface area contributed by atoms with Crippen molar-refractivity contribution < 1.29 is 4.79 Å². The van der Waals surface area contributed by atoms with E-state index in [1.54, 1.807) is 11.8 Å². The van der Waals surface area contributed by atoms with E-state index in [4.69, 9.17) is 0 Å². The predicted molar refractivity (Wildman–Crippen MR) is 84.0 cm³/mol. The molecule has 0 aliphatic carbocycles. The molecule has 1 saturated heterocycles. The number of nitrogens with one attached hydrogen (secondary N) is 2. The summed E-state index contributed by atoms with van der Waals surface area (Å²) in [4.78, 5) is 12.9. The lowest BCUT2D eigenvalue weighted by Crippen LogP contribution is -2.48. The number of thioether (sulfide) groups is 1. The summed E-state index contributed by atoms with van der Waals surface area (Å²) < 4.78 is 0. The van der Waals surface area contributed by atoms with Crippen molar-refractivity contribution in [3.8, 4) is 0 Å². The molecule has 0 aromatic heterocycles. The summed E-state index contributed by atoms with van der Waals surface area (Å²) >= 11 is 1.59. The van der Waals surface area contributed by atoms with Crippen molar-refractivity contribution in [1.82, 2.24) is 10.6 Å². The van der Waals surface area contributed by atoms with Gasteiger partial charge in [-0.25, -0.2) is 0 Å². The van der Waals surface area contributed by atoms with Crippen LogP contribution in [0.4, 0.5) is 0 Å². The molecule has 2 N–H and O–H groups in total. The molecule has 1 fully saturated rings. The molecule has 4 heteroatoms. The highest BCUT2D eigenvalue weighted by Gasteiger charge is 2.16. The Labute approximate surface area is 123 Å². The van der Waals surface area contributed by atoms with E-state index in [0.717, 1.165) is 24.5 Å². The maximum atomic E-state index is 11.8. The Balaban J connectivity index is 1.52. The van der Waals surface area contributed by atoms with Crippen LogP contribution in [0.15, 0.2) is 47.4 Å². The summed E-state index contributed by atoms with van der Waals surface area (Å²) in [6.45, 7) is 2.85. The molecule has 1 aliphatic heterocycles. The van der Waals surface area contributed by atoms with E-state index in [1.807, 2.05) is 12.1 Å². The number of hydrogen-bond acceptors (Lipinski definition) is 3. The minimum atomic E-state index is 0.120. The molecule has 0 unspecified atom stereocenters. The number of carbonyl (C=O) groups excluding carboxylic acids is 1. The van der Waals surface area contributed by atoms with Crippen LogP contribution in [-0.4, -0.2) is 31.3 Å². The van der Waals surface area contributed by atoms with Gasteiger partial charge in [-0.3, -0.25) is 4.79 Å². The fourth-order valence-corrected chi connectivity index (χ4v) is 2.98. The molecule has 1 amide bonds. The van der Waals surface area contributed by atoms with Crippen LogP contribution in [0.2, 0.25) is 0 Å². The van der Waals surface area contributed by atoms with Gasteiger partial charge in [-0.05, 0) is 22.9 Å². The first-order valence-electron chi connectivity index (χ1n) is 6.90. The van der Waals surface area contributed by atoms with E-state index in [1.165, 1.54) is 10.8 Å². The lowest BCUT2D eigenvalue weighted by molar-refractivity contribution is -0.118. The van der Waals surface area contributed by atoms with Crippen LogP contribution in [0.25, 0.3) is 10.8 Å². The standard InChI is InChI=1S/C16H18N2OS/c19-16(18-10-12-8-17-9-12)11-20-15-6-5-13-3-1-2-4-14(13)7-15/h1-7,12,17H,8-11H2,(H,18,19). The maximum absolute atomic E-state index is 11.8. The first kappa shape index (κ1) is 13.5. The Hall–Kier alpha value is -1.52. The highest BCUT2D eigenvalue weighted by Crippen LogP contribution is 2.23. The highest BCUT2D eigenvalue weighted by molar-refractivity contribution is 8.00. The summed E-state index contributed by atoms with van der Waals surface area (Å²) in [6.07, 6.45) is 0. The van der Waals surface area contributed by atoms with Gasteiger partial charge in [0, 0.05) is 30.4 Å². The zero-order valence-electron chi connectivity index (χ0n) is 11.3. The summed E-state index contributed by atoms with van der Waals surface area (Å²) in [7, 11) is 0. The first-order valence-corrected chi connectivity index (χ1v) is 7.89. The van der Waals surface area contributed by atoms with E-state index in [0.29, 0.717) is 11.7 Å². The van der Waals surface area contributed by atoms with Gasteiger partial charge in [0.1, 0.15) is 0 Å². The summed E-state index contributed by atoms with van der Waals surface area (Å²) in [5.41, 5.74) is 0. The van der Waals surface area contributed by atoms with Gasteiger partial charge in [-0.2, -0.15) is 0 Å². The van der Waals surface area contributed by atoms with E-state index in [9.17, 15) is 4.79 Å². The number of amides is 1. The average molecular weight is 286 g/mol. The van der Waals surface area contributed by atoms with Crippen LogP contribution < -0.4 is 10.6 Å². The minimum Gasteiger partial charge on any atom is -0.355 e. The molecule has 0 saturated carbocycles. The van der Waals surface area contributed by atoms with Gasteiger partial charge in [0.25, 0.3) is 0 Å². The smallest absolute Gasteiger partial charge is 0.230 e. The number of fused-ring (bicyclic) bond motifs is 1. The second kappa shape index (κ2) is 6.29.